The minimum absolute atomic E-state index is 0.496. The zero-order valence-electron chi connectivity index (χ0n) is 7.42. The van der Waals surface area contributed by atoms with Crippen molar-refractivity contribution in [2.24, 2.45) is 5.73 Å². The molecule has 0 aromatic heterocycles. The Balaban J connectivity index is 2.49. The van der Waals surface area contributed by atoms with Crippen molar-refractivity contribution >= 4 is 5.97 Å². The second kappa shape index (κ2) is 3.41. The molecule has 1 aliphatic rings. The Morgan fingerprint density at radius 1 is 1.75 bits per heavy atom. The maximum atomic E-state index is 10.7. The number of carbonyl (C=O) groups is 1. The van der Waals surface area contributed by atoms with E-state index in [0.717, 1.165) is 19.5 Å². The molecule has 1 saturated heterocycles. The Labute approximate surface area is 72.3 Å². The van der Waals surface area contributed by atoms with Crippen molar-refractivity contribution in [2.75, 3.05) is 19.6 Å². The van der Waals surface area contributed by atoms with Crippen LogP contribution in [0, 0.1) is 0 Å². The molecule has 4 nitrogen and oxygen atoms in total. The molecule has 1 rings (SSSR count). The van der Waals surface area contributed by atoms with Gasteiger partial charge in [0.05, 0.1) is 0 Å². The van der Waals surface area contributed by atoms with E-state index in [-0.39, 0.29) is 0 Å². The monoisotopic (exact) mass is 172 g/mol. The lowest BCUT2D eigenvalue weighted by molar-refractivity contribution is -0.142. The molecule has 0 aromatic carbocycles. The minimum Gasteiger partial charge on any atom is -0.480 e. The molecule has 4 heteroatoms. The van der Waals surface area contributed by atoms with Crippen LogP contribution in [0.4, 0.5) is 0 Å². The van der Waals surface area contributed by atoms with Gasteiger partial charge < -0.3 is 15.7 Å². The molecule has 0 radical (unpaired) electrons. The van der Waals surface area contributed by atoms with Crippen LogP contribution in [0.5, 0.6) is 0 Å². The summed E-state index contributed by atoms with van der Waals surface area (Å²) in [5.74, 6) is -0.874. The summed E-state index contributed by atoms with van der Waals surface area (Å²) in [4.78, 5) is 12.8. The third-order valence-corrected chi connectivity index (χ3v) is 2.35. The van der Waals surface area contributed by atoms with Gasteiger partial charge in [0.1, 0.15) is 5.54 Å². The SMILES string of the molecule is CCCN1CCC(N)(C(=O)O)C1. The van der Waals surface area contributed by atoms with E-state index in [1.165, 1.54) is 0 Å². The summed E-state index contributed by atoms with van der Waals surface area (Å²) in [6, 6.07) is 0. The second-order valence-electron chi connectivity index (χ2n) is 3.49. The molecule has 1 heterocycles. The second-order valence-corrected chi connectivity index (χ2v) is 3.49. The first-order chi connectivity index (χ1) is 5.58. The summed E-state index contributed by atoms with van der Waals surface area (Å²) in [5, 5.41) is 8.81. The number of carboxylic acids is 1. The molecule has 3 N–H and O–H groups in total. The highest BCUT2D eigenvalue weighted by molar-refractivity contribution is 5.79. The number of nitrogens with zero attached hydrogens (tertiary/aromatic N) is 1. The molecule has 0 bridgehead atoms. The van der Waals surface area contributed by atoms with Crippen LogP contribution < -0.4 is 5.73 Å². The summed E-state index contributed by atoms with van der Waals surface area (Å²) in [6.07, 6.45) is 1.62. The van der Waals surface area contributed by atoms with Gasteiger partial charge in [-0.05, 0) is 19.4 Å². The maximum Gasteiger partial charge on any atom is 0.325 e. The highest BCUT2D eigenvalue weighted by Crippen LogP contribution is 2.18. The van der Waals surface area contributed by atoms with Gasteiger partial charge in [0, 0.05) is 13.1 Å². The van der Waals surface area contributed by atoms with E-state index in [1.54, 1.807) is 0 Å². The van der Waals surface area contributed by atoms with Crippen molar-refractivity contribution in [1.82, 2.24) is 4.90 Å². The van der Waals surface area contributed by atoms with Gasteiger partial charge in [0.2, 0.25) is 0 Å². The first-order valence-electron chi connectivity index (χ1n) is 4.33. The van der Waals surface area contributed by atoms with E-state index in [0.29, 0.717) is 13.0 Å². The van der Waals surface area contributed by atoms with E-state index in [4.69, 9.17) is 10.8 Å². The predicted octanol–water partition coefficient (Wildman–Crippen LogP) is -0.116. The molecule has 0 aromatic rings. The highest BCUT2D eigenvalue weighted by Gasteiger charge is 2.40. The first-order valence-corrected chi connectivity index (χ1v) is 4.33. The Bertz CT molecular complexity index is 184. The van der Waals surface area contributed by atoms with Crippen molar-refractivity contribution in [3.63, 3.8) is 0 Å². The average Bonchev–Trinajstić information content (AvgIpc) is 2.34. The normalized spacial score (nSPS) is 30.8. The van der Waals surface area contributed by atoms with Crippen LogP contribution >= 0.6 is 0 Å². The topological polar surface area (TPSA) is 66.6 Å². The third kappa shape index (κ3) is 1.76. The molecule has 0 aliphatic carbocycles. The molecule has 70 valence electrons. The Kier molecular flexibility index (Phi) is 2.69. The number of aliphatic carboxylic acids is 1. The average molecular weight is 172 g/mol. The molecule has 1 fully saturated rings. The Hall–Kier alpha value is -0.610. The molecule has 12 heavy (non-hydrogen) atoms. The molecule has 1 aliphatic heterocycles. The van der Waals surface area contributed by atoms with E-state index in [1.807, 2.05) is 0 Å². The molecule has 0 amide bonds. The van der Waals surface area contributed by atoms with Crippen LogP contribution in [0.15, 0.2) is 0 Å². The lowest BCUT2D eigenvalue weighted by Crippen LogP contribution is -2.50. The zero-order valence-corrected chi connectivity index (χ0v) is 7.42. The number of hydrogen-bond acceptors (Lipinski definition) is 3. The van der Waals surface area contributed by atoms with Gasteiger partial charge in [0.25, 0.3) is 0 Å². The zero-order chi connectivity index (χ0) is 9.19. The van der Waals surface area contributed by atoms with Gasteiger partial charge in [0.15, 0.2) is 0 Å². The first kappa shape index (κ1) is 9.48. The van der Waals surface area contributed by atoms with Crippen LogP contribution in [0.3, 0.4) is 0 Å². The quantitative estimate of drug-likeness (QED) is 0.623. The van der Waals surface area contributed by atoms with Gasteiger partial charge >= 0.3 is 5.97 Å². The van der Waals surface area contributed by atoms with E-state index < -0.39 is 11.5 Å². The molecular weight excluding hydrogens is 156 g/mol. The number of hydrogen-bond donors (Lipinski definition) is 2. The van der Waals surface area contributed by atoms with Crippen LogP contribution in [0.25, 0.3) is 0 Å². The number of likely N-dealkylation sites (tertiary alicyclic amines) is 1. The van der Waals surface area contributed by atoms with E-state index in [2.05, 4.69) is 11.8 Å². The summed E-state index contributed by atoms with van der Waals surface area (Å²) in [5.41, 5.74) is 4.69. The lowest BCUT2D eigenvalue weighted by Gasteiger charge is -2.19. The highest BCUT2D eigenvalue weighted by atomic mass is 16.4. The van der Waals surface area contributed by atoms with E-state index >= 15 is 0 Å². The summed E-state index contributed by atoms with van der Waals surface area (Å²) >= 11 is 0. The Morgan fingerprint density at radius 2 is 2.42 bits per heavy atom. The Morgan fingerprint density at radius 3 is 2.83 bits per heavy atom. The third-order valence-electron chi connectivity index (χ3n) is 2.35. The maximum absolute atomic E-state index is 10.7. The van der Waals surface area contributed by atoms with Gasteiger partial charge in [-0.3, -0.25) is 4.79 Å². The standard InChI is InChI=1S/C8H16N2O2/c1-2-4-10-5-3-8(9,6-10)7(11)12/h2-6,9H2,1H3,(H,11,12). The van der Waals surface area contributed by atoms with Crippen LogP contribution in [-0.4, -0.2) is 41.1 Å². The van der Waals surface area contributed by atoms with Gasteiger partial charge in [-0.1, -0.05) is 6.92 Å². The number of rotatable bonds is 3. The van der Waals surface area contributed by atoms with Crippen molar-refractivity contribution in [3.8, 4) is 0 Å². The molecule has 1 atom stereocenters. The number of carboxylic acid groups (broad SMARTS) is 1. The van der Waals surface area contributed by atoms with Crippen molar-refractivity contribution in [1.29, 1.82) is 0 Å². The van der Waals surface area contributed by atoms with Crippen molar-refractivity contribution in [2.45, 2.75) is 25.3 Å². The molecule has 0 spiro atoms. The summed E-state index contributed by atoms with van der Waals surface area (Å²) < 4.78 is 0. The number of nitrogens with two attached hydrogens (primary N) is 1. The summed E-state index contributed by atoms with van der Waals surface area (Å²) in [6.45, 7) is 4.34. The summed E-state index contributed by atoms with van der Waals surface area (Å²) in [7, 11) is 0. The van der Waals surface area contributed by atoms with Gasteiger partial charge in [-0.25, -0.2) is 0 Å². The van der Waals surface area contributed by atoms with Crippen molar-refractivity contribution in [3.05, 3.63) is 0 Å². The predicted molar refractivity (Wildman–Crippen MR) is 45.9 cm³/mol. The molecule has 1 unspecified atom stereocenters. The molecule has 0 saturated carbocycles. The minimum atomic E-state index is -0.991. The van der Waals surface area contributed by atoms with Crippen LogP contribution in [0.2, 0.25) is 0 Å². The largest absolute Gasteiger partial charge is 0.480 e. The van der Waals surface area contributed by atoms with Crippen molar-refractivity contribution < 1.29 is 9.90 Å². The smallest absolute Gasteiger partial charge is 0.325 e. The van der Waals surface area contributed by atoms with Gasteiger partial charge in [-0.15, -0.1) is 0 Å². The lowest BCUT2D eigenvalue weighted by atomic mass is 10.0. The fraction of sp³-hybridized carbons (Fsp3) is 0.875. The fourth-order valence-electron chi connectivity index (χ4n) is 1.60. The van der Waals surface area contributed by atoms with Gasteiger partial charge in [-0.2, -0.15) is 0 Å². The molecular formula is C8H16N2O2. The van der Waals surface area contributed by atoms with Crippen LogP contribution in [0.1, 0.15) is 19.8 Å². The van der Waals surface area contributed by atoms with Crippen LogP contribution in [-0.2, 0) is 4.79 Å². The van der Waals surface area contributed by atoms with E-state index in [9.17, 15) is 4.79 Å². The fourth-order valence-corrected chi connectivity index (χ4v) is 1.60.